The molecule has 1 unspecified atom stereocenters. The van der Waals surface area contributed by atoms with Crippen LogP contribution >= 0.6 is 0 Å². The zero-order valence-corrected chi connectivity index (χ0v) is 10.8. The minimum atomic E-state index is -0.458. The van der Waals surface area contributed by atoms with Crippen molar-refractivity contribution in [3.8, 4) is 0 Å². The Hall–Kier alpha value is -0.900. The molecular formula is C12H22N2O2. The molecule has 16 heavy (non-hydrogen) atoms. The normalized spacial score (nSPS) is 14.4. The van der Waals surface area contributed by atoms with Crippen molar-refractivity contribution in [2.45, 2.75) is 53.6 Å². The van der Waals surface area contributed by atoms with Crippen LogP contribution in [0.5, 0.6) is 0 Å². The van der Waals surface area contributed by atoms with Gasteiger partial charge in [-0.2, -0.15) is 4.98 Å². The van der Waals surface area contributed by atoms with Crippen LogP contribution in [0.1, 0.15) is 46.3 Å². The molecule has 1 N–H and O–H groups in total. The lowest BCUT2D eigenvalue weighted by Crippen LogP contribution is -2.28. The van der Waals surface area contributed by atoms with Crippen LogP contribution in [0.2, 0.25) is 0 Å². The predicted molar refractivity (Wildman–Crippen MR) is 62.0 cm³/mol. The van der Waals surface area contributed by atoms with Crippen LogP contribution < -0.4 is 0 Å². The van der Waals surface area contributed by atoms with Gasteiger partial charge >= 0.3 is 0 Å². The van der Waals surface area contributed by atoms with Gasteiger partial charge in [0.25, 0.3) is 0 Å². The molecule has 0 spiro atoms. The van der Waals surface area contributed by atoms with Crippen LogP contribution in [0.15, 0.2) is 4.52 Å². The number of aliphatic hydroxyl groups is 1. The Morgan fingerprint density at radius 1 is 1.25 bits per heavy atom. The number of aromatic nitrogens is 2. The SMILES string of the molecule is CC(C)Cc1noc(CC(O)C(C)(C)C)n1. The summed E-state index contributed by atoms with van der Waals surface area (Å²) >= 11 is 0. The van der Waals surface area contributed by atoms with Crippen LogP contribution in [-0.2, 0) is 12.8 Å². The summed E-state index contributed by atoms with van der Waals surface area (Å²) in [5, 5.41) is 13.8. The van der Waals surface area contributed by atoms with Crippen LogP contribution in [0, 0.1) is 11.3 Å². The number of rotatable bonds is 4. The smallest absolute Gasteiger partial charge is 0.229 e. The van der Waals surface area contributed by atoms with Gasteiger partial charge in [-0.3, -0.25) is 0 Å². The van der Waals surface area contributed by atoms with Crippen LogP contribution in [0.25, 0.3) is 0 Å². The summed E-state index contributed by atoms with van der Waals surface area (Å²) in [7, 11) is 0. The van der Waals surface area contributed by atoms with Gasteiger partial charge in [-0.15, -0.1) is 0 Å². The average molecular weight is 226 g/mol. The third-order valence-corrected chi connectivity index (χ3v) is 2.47. The topological polar surface area (TPSA) is 59.2 Å². The fourth-order valence-corrected chi connectivity index (χ4v) is 1.29. The predicted octanol–water partition coefficient (Wildman–Crippen LogP) is 2.22. The standard InChI is InChI=1S/C12H22N2O2/c1-8(2)6-10-13-11(16-14-10)7-9(15)12(3,4)5/h8-9,15H,6-7H2,1-5H3. The van der Waals surface area contributed by atoms with Crippen molar-refractivity contribution in [2.24, 2.45) is 11.3 Å². The maximum absolute atomic E-state index is 9.90. The Labute approximate surface area is 97.1 Å². The zero-order valence-electron chi connectivity index (χ0n) is 10.8. The van der Waals surface area contributed by atoms with Crippen molar-refractivity contribution >= 4 is 0 Å². The molecule has 0 bridgehead atoms. The first-order chi connectivity index (χ1) is 7.29. The summed E-state index contributed by atoms with van der Waals surface area (Å²) < 4.78 is 5.11. The Bertz CT molecular complexity index is 326. The van der Waals surface area contributed by atoms with E-state index in [1.54, 1.807) is 0 Å². The second-order valence-corrected chi connectivity index (χ2v) is 5.79. The van der Waals surface area contributed by atoms with Gasteiger partial charge in [-0.05, 0) is 11.3 Å². The van der Waals surface area contributed by atoms with E-state index in [9.17, 15) is 5.11 Å². The summed E-state index contributed by atoms with van der Waals surface area (Å²) in [5.74, 6) is 1.77. The van der Waals surface area contributed by atoms with E-state index in [4.69, 9.17) is 4.52 Å². The van der Waals surface area contributed by atoms with Gasteiger partial charge in [0, 0.05) is 6.42 Å². The Morgan fingerprint density at radius 2 is 1.88 bits per heavy atom. The van der Waals surface area contributed by atoms with Gasteiger partial charge in [0.2, 0.25) is 5.89 Å². The average Bonchev–Trinajstić information content (AvgIpc) is 2.49. The van der Waals surface area contributed by atoms with Crippen molar-refractivity contribution in [1.82, 2.24) is 10.1 Å². The van der Waals surface area contributed by atoms with Crippen molar-refractivity contribution in [1.29, 1.82) is 0 Å². The van der Waals surface area contributed by atoms with E-state index < -0.39 is 6.10 Å². The summed E-state index contributed by atoms with van der Waals surface area (Å²) in [4.78, 5) is 4.27. The molecule has 4 heteroatoms. The fraction of sp³-hybridized carbons (Fsp3) is 0.833. The second kappa shape index (κ2) is 4.95. The first-order valence-electron chi connectivity index (χ1n) is 5.78. The molecule has 1 aromatic rings. The van der Waals surface area contributed by atoms with Crippen molar-refractivity contribution in [3.05, 3.63) is 11.7 Å². The highest BCUT2D eigenvalue weighted by Crippen LogP contribution is 2.21. The van der Waals surface area contributed by atoms with Crippen molar-refractivity contribution < 1.29 is 9.63 Å². The molecule has 0 saturated carbocycles. The lowest BCUT2D eigenvalue weighted by atomic mass is 9.87. The monoisotopic (exact) mass is 226 g/mol. The lowest BCUT2D eigenvalue weighted by Gasteiger charge is -2.24. The third-order valence-electron chi connectivity index (χ3n) is 2.47. The molecular weight excluding hydrogens is 204 g/mol. The Morgan fingerprint density at radius 3 is 2.38 bits per heavy atom. The maximum atomic E-state index is 9.90. The van der Waals surface area contributed by atoms with Crippen molar-refractivity contribution in [3.63, 3.8) is 0 Å². The summed E-state index contributed by atoms with van der Waals surface area (Å²) in [6, 6.07) is 0. The molecule has 0 fully saturated rings. The van der Waals surface area contributed by atoms with Gasteiger partial charge in [-0.25, -0.2) is 0 Å². The van der Waals surface area contributed by atoms with E-state index in [1.165, 1.54) is 0 Å². The minimum Gasteiger partial charge on any atom is -0.392 e. The van der Waals surface area contributed by atoms with E-state index in [2.05, 4.69) is 24.0 Å². The first kappa shape index (κ1) is 13.2. The van der Waals surface area contributed by atoms with Gasteiger partial charge in [0.1, 0.15) is 0 Å². The molecule has 0 amide bonds. The fourth-order valence-electron chi connectivity index (χ4n) is 1.29. The van der Waals surface area contributed by atoms with E-state index in [0.717, 1.165) is 12.2 Å². The van der Waals surface area contributed by atoms with Gasteiger partial charge in [-0.1, -0.05) is 39.8 Å². The van der Waals surface area contributed by atoms with Gasteiger partial charge in [0.15, 0.2) is 5.82 Å². The highest BCUT2D eigenvalue weighted by molar-refractivity contribution is 4.91. The van der Waals surface area contributed by atoms with Crippen LogP contribution in [0.3, 0.4) is 0 Å². The molecule has 1 rings (SSSR count). The Balaban J connectivity index is 2.58. The van der Waals surface area contributed by atoms with Crippen LogP contribution in [0.4, 0.5) is 0 Å². The Kier molecular flexibility index (Phi) is 4.08. The lowest BCUT2D eigenvalue weighted by molar-refractivity contribution is 0.0565. The summed E-state index contributed by atoms with van der Waals surface area (Å²) in [6.45, 7) is 10.2. The molecule has 1 aromatic heterocycles. The summed E-state index contributed by atoms with van der Waals surface area (Å²) in [6.07, 6.45) is 0.781. The highest BCUT2D eigenvalue weighted by Gasteiger charge is 2.24. The number of hydrogen-bond acceptors (Lipinski definition) is 4. The molecule has 1 atom stereocenters. The number of hydrogen-bond donors (Lipinski definition) is 1. The first-order valence-corrected chi connectivity index (χ1v) is 5.78. The van der Waals surface area contributed by atoms with Crippen LogP contribution in [-0.4, -0.2) is 21.4 Å². The second-order valence-electron chi connectivity index (χ2n) is 5.79. The molecule has 0 aliphatic carbocycles. The molecule has 4 nitrogen and oxygen atoms in total. The molecule has 0 aliphatic rings. The van der Waals surface area contributed by atoms with E-state index in [-0.39, 0.29) is 5.41 Å². The van der Waals surface area contributed by atoms with Crippen molar-refractivity contribution in [2.75, 3.05) is 0 Å². The highest BCUT2D eigenvalue weighted by atomic mass is 16.5. The number of nitrogens with zero attached hydrogens (tertiary/aromatic N) is 2. The molecule has 0 radical (unpaired) electrons. The molecule has 1 heterocycles. The third kappa shape index (κ3) is 3.93. The molecule has 92 valence electrons. The van der Waals surface area contributed by atoms with E-state index in [1.807, 2.05) is 20.8 Å². The van der Waals surface area contributed by atoms with Gasteiger partial charge in [0.05, 0.1) is 12.5 Å². The maximum Gasteiger partial charge on any atom is 0.229 e. The largest absolute Gasteiger partial charge is 0.392 e. The molecule has 0 aliphatic heterocycles. The molecule has 0 aromatic carbocycles. The quantitative estimate of drug-likeness (QED) is 0.855. The number of aliphatic hydroxyl groups excluding tert-OH is 1. The van der Waals surface area contributed by atoms with E-state index >= 15 is 0 Å². The van der Waals surface area contributed by atoms with Gasteiger partial charge < -0.3 is 9.63 Å². The minimum absolute atomic E-state index is 0.160. The molecule has 0 saturated heterocycles. The van der Waals surface area contributed by atoms with E-state index in [0.29, 0.717) is 18.2 Å². The zero-order chi connectivity index (χ0) is 12.3. The summed E-state index contributed by atoms with van der Waals surface area (Å²) in [5.41, 5.74) is -0.160.